The molecule has 9 heteroatoms. The van der Waals surface area contributed by atoms with Gasteiger partial charge in [-0.05, 0) is 51.8 Å². The second-order valence-corrected chi connectivity index (χ2v) is 9.85. The van der Waals surface area contributed by atoms with Gasteiger partial charge in [-0.3, -0.25) is 15.0 Å². The van der Waals surface area contributed by atoms with Crippen LogP contribution in [-0.2, 0) is 17.6 Å². The van der Waals surface area contributed by atoms with Crippen LogP contribution in [0.25, 0.3) is 11.0 Å². The van der Waals surface area contributed by atoms with Gasteiger partial charge < -0.3 is 13.7 Å². The van der Waals surface area contributed by atoms with Crippen molar-refractivity contribution in [3.8, 4) is 0 Å². The Kier molecular flexibility index (Phi) is 6.68. The minimum Gasteiger partial charge on any atom is -0.464 e. The van der Waals surface area contributed by atoms with Crippen LogP contribution in [0.1, 0.15) is 57.0 Å². The summed E-state index contributed by atoms with van der Waals surface area (Å²) in [5, 5.41) is 7.33. The van der Waals surface area contributed by atoms with Gasteiger partial charge in [0.25, 0.3) is 0 Å². The van der Waals surface area contributed by atoms with Gasteiger partial charge in [0.1, 0.15) is 11.3 Å². The monoisotopic (exact) mass is 491 g/mol. The summed E-state index contributed by atoms with van der Waals surface area (Å²) in [6.07, 6.45) is 4.11. The molecule has 0 atom stereocenters. The number of furan rings is 2. The second-order valence-electron chi connectivity index (χ2n) is 9.85. The fourth-order valence-corrected chi connectivity index (χ4v) is 4.98. The third-order valence-electron chi connectivity index (χ3n) is 7.30. The summed E-state index contributed by atoms with van der Waals surface area (Å²) in [5.41, 5.74) is 11.9. The molecule has 36 heavy (non-hydrogen) atoms. The summed E-state index contributed by atoms with van der Waals surface area (Å²) in [6.45, 7) is 9.28. The molecule has 9 nitrogen and oxygen atoms in total. The molecule has 1 aliphatic heterocycles. The molecule has 0 unspecified atom stereocenters. The molecule has 1 fully saturated rings. The normalized spacial score (nSPS) is 17.9. The zero-order valence-electron chi connectivity index (χ0n) is 21.4. The van der Waals surface area contributed by atoms with Crippen molar-refractivity contribution in [2.45, 2.75) is 46.5 Å². The minimum absolute atomic E-state index is 0.169. The Hall–Kier alpha value is -3.43. The molecule has 0 radical (unpaired) electrons. The predicted molar refractivity (Wildman–Crippen MR) is 137 cm³/mol. The van der Waals surface area contributed by atoms with Crippen LogP contribution >= 0.6 is 0 Å². The Bertz CT molecular complexity index is 1340. The van der Waals surface area contributed by atoms with Gasteiger partial charge in [-0.25, -0.2) is 10.4 Å². The van der Waals surface area contributed by atoms with E-state index in [0.29, 0.717) is 12.2 Å². The Morgan fingerprint density at radius 2 is 1.83 bits per heavy atom. The van der Waals surface area contributed by atoms with Crippen LogP contribution < -0.4 is 10.9 Å². The Morgan fingerprint density at radius 1 is 1.06 bits per heavy atom. The molecule has 190 valence electrons. The van der Waals surface area contributed by atoms with E-state index in [2.05, 4.69) is 27.9 Å². The maximum Gasteiger partial charge on any atom is 0.301 e. The van der Waals surface area contributed by atoms with E-state index < -0.39 is 0 Å². The predicted octanol–water partition coefficient (Wildman–Crippen LogP) is 3.24. The molecule has 0 bridgehead atoms. The van der Waals surface area contributed by atoms with Crippen LogP contribution in [-0.4, -0.2) is 60.7 Å². The number of amides is 2. The Morgan fingerprint density at radius 3 is 2.61 bits per heavy atom. The van der Waals surface area contributed by atoms with Gasteiger partial charge in [0.2, 0.25) is 5.91 Å². The SMILES string of the molecule is Cc1ccc2c(CC(=O)N/N=C3\CCCc4oc(C(=O)NN5CCN(C)CC5)c(C)c43)coc2c1C. The quantitative estimate of drug-likeness (QED) is 0.531. The molecule has 0 spiro atoms. The number of piperazine rings is 1. The average Bonchev–Trinajstić information content (AvgIpc) is 3.43. The van der Waals surface area contributed by atoms with Crippen molar-refractivity contribution in [3.63, 3.8) is 0 Å². The van der Waals surface area contributed by atoms with E-state index >= 15 is 0 Å². The van der Waals surface area contributed by atoms with Gasteiger partial charge in [0, 0.05) is 54.7 Å². The van der Waals surface area contributed by atoms with Crippen molar-refractivity contribution in [1.82, 2.24) is 20.8 Å². The van der Waals surface area contributed by atoms with Crippen LogP contribution in [0.2, 0.25) is 0 Å². The fraction of sp³-hybridized carbons (Fsp3) is 0.444. The lowest BCUT2D eigenvalue weighted by Gasteiger charge is -2.32. The van der Waals surface area contributed by atoms with Crippen molar-refractivity contribution in [1.29, 1.82) is 0 Å². The molecule has 1 aliphatic carbocycles. The van der Waals surface area contributed by atoms with Crippen LogP contribution in [0.4, 0.5) is 0 Å². The summed E-state index contributed by atoms with van der Waals surface area (Å²) >= 11 is 0. The maximum atomic E-state index is 13.0. The number of nitrogens with zero attached hydrogens (tertiary/aromatic N) is 3. The van der Waals surface area contributed by atoms with Crippen molar-refractivity contribution in [2.24, 2.45) is 5.10 Å². The zero-order chi connectivity index (χ0) is 25.4. The summed E-state index contributed by atoms with van der Waals surface area (Å²) in [7, 11) is 2.07. The molecule has 2 aromatic heterocycles. The van der Waals surface area contributed by atoms with Crippen molar-refractivity contribution in [3.05, 3.63) is 57.7 Å². The molecule has 0 saturated carbocycles. The highest BCUT2D eigenvalue weighted by Gasteiger charge is 2.29. The van der Waals surface area contributed by atoms with Gasteiger partial charge >= 0.3 is 5.91 Å². The summed E-state index contributed by atoms with van der Waals surface area (Å²) < 4.78 is 11.7. The van der Waals surface area contributed by atoms with Crippen LogP contribution in [0.15, 0.2) is 32.3 Å². The van der Waals surface area contributed by atoms with Gasteiger partial charge in [0.05, 0.1) is 18.4 Å². The molecule has 3 aromatic rings. The zero-order valence-corrected chi connectivity index (χ0v) is 21.4. The summed E-state index contributed by atoms with van der Waals surface area (Å²) in [4.78, 5) is 27.9. The molecular weight excluding hydrogens is 458 g/mol. The molecule has 2 amide bonds. The van der Waals surface area contributed by atoms with Crippen molar-refractivity contribution in [2.75, 3.05) is 33.2 Å². The Balaban J connectivity index is 1.29. The molecule has 2 N–H and O–H groups in total. The topological polar surface area (TPSA) is 103 Å². The first kappa shape index (κ1) is 24.3. The average molecular weight is 492 g/mol. The van der Waals surface area contributed by atoms with E-state index in [-0.39, 0.29) is 18.2 Å². The first-order chi connectivity index (χ1) is 17.3. The number of rotatable bonds is 5. The molecular formula is C27H33N5O4. The number of hydrazone groups is 1. The largest absolute Gasteiger partial charge is 0.464 e. The number of benzene rings is 1. The lowest BCUT2D eigenvalue weighted by atomic mass is 9.93. The minimum atomic E-state index is -0.243. The third-order valence-corrected chi connectivity index (χ3v) is 7.30. The second kappa shape index (κ2) is 9.91. The highest BCUT2D eigenvalue weighted by Crippen LogP contribution is 2.30. The third kappa shape index (κ3) is 4.68. The molecule has 5 rings (SSSR count). The van der Waals surface area contributed by atoms with Crippen molar-refractivity contribution >= 4 is 28.5 Å². The summed E-state index contributed by atoms with van der Waals surface area (Å²) in [6, 6.07) is 4.03. The van der Waals surface area contributed by atoms with E-state index in [1.54, 1.807) is 6.26 Å². The van der Waals surface area contributed by atoms with Gasteiger partial charge in [-0.15, -0.1) is 0 Å². The number of aryl methyl sites for hydroxylation is 3. The molecule has 2 aliphatic rings. The van der Waals surface area contributed by atoms with Crippen LogP contribution in [0.5, 0.6) is 0 Å². The number of carbonyl (C=O) groups excluding carboxylic acids is 2. The van der Waals surface area contributed by atoms with E-state index in [1.807, 2.05) is 37.9 Å². The highest BCUT2D eigenvalue weighted by atomic mass is 16.4. The Labute approximate surface area is 210 Å². The van der Waals surface area contributed by atoms with Gasteiger partial charge in [-0.1, -0.05) is 12.1 Å². The first-order valence-corrected chi connectivity index (χ1v) is 12.5. The van der Waals surface area contributed by atoms with Crippen molar-refractivity contribution < 1.29 is 18.4 Å². The molecule has 1 saturated heterocycles. The number of hydrogen-bond donors (Lipinski definition) is 2. The standard InChI is InChI=1S/C27H33N5O4/c1-16-8-9-20-19(15-35-25(20)17(16)2)14-23(33)29-28-21-6-5-7-22-24(21)18(3)26(36-22)27(34)30-32-12-10-31(4)11-13-32/h8-9,15H,5-7,10-14H2,1-4H3,(H,29,33)(H,30,34)/b28-21+. The summed E-state index contributed by atoms with van der Waals surface area (Å²) in [5.74, 6) is 0.606. The number of hydrazine groups is 1. The van der Waals surface area contributed by atoms with Gasteiger partial charge in [0.15, 0.2) is 5.76 Å². The van der Waals surface area contributed by atoms with Crippen LogP contribution in [0.3, 0.4) is 0 Å². The number of fused-ring (bicyclic) bond motifs is 2. The maximum absolute atomic E-state index is 13.0. The van der Waals surface area contributed by atoms with E-state index in [0.717, 1.165) is 89.3 Å². The van der Waals surface area contributed by atoms with Crippen LogP contribution in [0, 0.1) is 20.8 Å². The van der Waals surface area contributed by atoms with Gasteiger partial charge in [-0.2, -0.15) is 5.10 Å². The number of carbonyl (C=O) groups is 2. The molecule has 1 aromatic carbocycles. The number of likely N-dealkylation sites (N-methyl/N-ethyl adjacent to an activating group) is 1. The lowest BCUT2D eigenvalue weighted by Crippen LogP contribution is -2.52. The number of nitrogens with one attached hydrogen (secondary N) is 2. The highest BCUT2D eigenvalue weighted by molar-refractivity contribution is 6.06. The molecule has 3 heterocycles. The van der Waals surface area contributed by atoms with E-state index in [9.17, 15) is 9.59 Å². The first-order valence-electron chi connectivity index (χ1n) is 12.5. The smallest absolute Gasteiger partial charge is 0.301 e. The number of hydrogen-bond acceptors (Lipinski definition) is 7. The van der Waals surface area contributed by atoms with E-state index in [4.69, 9.17) is 8.83 Å². The fourth-order valence-electron chi connectivity index (χ4n) is 4.98. The lowest BCUT2D eigenvalue weighted by molar-refractivity contribution is -0.120. The van der Waals surface area contributed by atoms with E-state index in [1.165, 1.54) is 0 Å².